The smallest absolute Gasteiger partial charge is 0.165 e. The van der Waals surface area contributed by atoms with Crippen molar-refractivity contribution in [1.82, 2.24) is 19.6 Å². The molecule has 0 aliphatic heterocycles. The van der Waals surface area contributed by atoms with Gasteiger partial charge in [-0.15, -0.1) is 5.10 Å². The molecule has 5 heteroatoms. The van der Waals surface area contributed by atoms with Crippen LogP contribution in [0.4, 0.5) is 0 Å². The normalized spacial score (nSPS) is 10.6. The zero-order valence-electron chi connectivity index (χ0n) is 5.81. The summed E-state index contributed by atoms with van der Waals surface area (Å²) < 4.78 is 1.60. The Morgan fingerprint density at radius 3 is 3.18 bits per heavy atom. The van der Waals surface area contributed by atoms with Gasteiger partial charge in [0.25, 0.3) is 0 Å². The van der Waals surface area contributed by atoms with E-state index in [1.807, 2.05) is 0 Å². The number of hydrogen-bond acceptors (Lipinski definition) is 4. The van der Waals surface area contributed by atoms with Crippen LogP contribution in [0, 0.1) is 0 Å². The van der Waals surface area contributed by atoms with Crippen LogP contribution in [0.1, 0.15) is 5.82 Å². The molecule has 0 bridgehead atoms. The van der Waals surface area contributed by atoms with Crippen molar-refractivity contribution in [3.8, 4) is 0 Å². The maximum absolute atomic E-state index is 5.35. The van der Waals surface area contributed by atoms with Crippen LogP contribution in [0.25, 0.3) is 5.65 Å². The Hall–Kier alpha value is -1.49. The molecule has 0 aliphatic carbocycles. The molecule has 0 saturated carbocycles. The molecule has 0 aliphatic rings. The van der Waals surface area contributed by atoms with E-state index in [2.05, 4.69) is 15.1 Å². The molecule has 2 aromatic rings. The van der Waals surface area contributed by atoms with E-state index < -0.39 is 0 Å². The van der Waals surface area contributed by atoms with Crippen molar-refractivity contribution in [2.24, 2.45) is 5.73 Å². The summed E-state index contributed by atoms with van der Waals surface area (Å²) in [5.41, 5.74) is 6.13. The van der Waals surface area contributed by atoms with Gasteiger partial charge in [-0.05, 0) is 0 Å². The molecule has 2 heterocycles. The Kier molecular flexibility index (Phi) is 1.29. The van der Waals surface area contributed by atoms with Crippen LogP contribution >= 0.6 is 0 Å². The maximum atomic E-state index is 5.35. The van der Waals surface area contributed by atoms with Crippen LogP contribution in [0.15, 0.2) is 18.6 Å². The quantitative estimate of drug-likeness (QED) is 0.598. The first-order valence-electron chi connectivity index (χ1n) is 3.25. The number of nitrogens with two attached hydrogens (primary N) is 1. The van der Waals surface area contributed by atoms with Gasteiger partial charge in [0.05, 0.1) is 6.54 Å². The van der Waals surface area contributed by atoms with E-state index >= 15 is 0 Å². The van der Waals surface area contributed by atoms with E-state index in [4.69, 9.17) is 5.73 Å². The number of nitrogens with zero attached hydrogens (tertiary/aromatic N) is 4. The van der Waals surface area contributed by atoms with Crippen molar-refractivity contribution in [2.75, 3.05) is 0 Å². The van der Waals surface area contributed by atoms with Gasteiger partial charge in [-0.25, -0.2) is 14.5 Å². The van der Waals surface area contributed by atoms with Crippen molar-refractivity contribution < 1.29 is 0 Å². The van der Waals surface area contributed by atoms with Gasteiger partial charge in [0, 0.05) is 12.3 Å². The van der Waals surface area contributed by atoms with Crippen molar-refractivity contribution in [1.29, 1.82) is 0 Å². The highest BCUT2D eigenvalue weighted by Gasteiger charge is 1.98. The lowest BCUT2D eigenvalue weighted by Crippen LogP contribution is -1.98. The molecule has 2 N–H and O–H groups in total. The summed E-state index contributed by atoms with van der Waals surface area (Å²) in [7, 11) is 0. The number of fused-ring (bicyclic) bond motifs is 1. The molecule has 2 aromatic heterocycles. The van der Waals surface area contributed by atoms with Gasteiger partial charge >= 0.3 is 0 Å². The number of aromatic nitrogens is 4. The van der Waals surface area contributed by atoms with Gasteiger partial charge in [0.2, 0.25) is 0 Å². The minimum Gasteiger partial charge on any atom is -0.324 e. The highest BCUT2D eigenvalue weighted by molar-refractivity contribution is 5.34. The predicted molar refractivity (Wildman–Crippen MR) is 38.7 cm³/mol. The molecule has 0 amide bonds. The molecule has 0 unspecified atom stereocenters. The summed E-state index contributed by atoms with van der Waals surface area (Å²) in [5.74, 6) is 0.637. The molecular weight excluding hydrogens is 142 g/mol. The lowest BCUT2D eigenvalue weighted by Gasteiger charge is -1.84. The Balaban J connectivity index is 2.69. The van der Waals surface area contributed by atoms with E-state index in [0.717, 1.165) is 5.65 Å². The molecule has 0 fully saturated rings. The first-order valence-corrected chi connectivity index (χ1v) is 3.25. The lowest BCUT2D eigenvalue weighted by molar-refractivity contribution is 0.853. The topological polar surface area (TPSA) is 69.1 Å². The lowest BCUT2D eigenvalue weighted by atomic mass is 10.6. The minimum atomic E-state index is 0.363. The van der Waals surface area contributed by atoms with Crippen molar-refractivity contribution in [2.45, 2.75) is 6.54 Å². The predicted octanol–water partition coefficient (Wildman–Crippen LogP) is -0.417. The Bertz CT molecular complexity index is 333. The van der Waals surface area contributed by atoms with Crippen LogP contribution in [0.5, 0.6) is 0 Å². The average Bonchev–Trinajstić information content (AvgIpc) is 2.46. The SMILES string of the molecule is NCc1nc2ccncn2n1. The summed E-state index contributed by atoms with van der Waals surface area (Å²) in [4.78, 5) is 8.00. The summed E-state index contributed by atoms with van der Waals surface area (Å²) >= 11 is 0. The van der Waals surface area contributed by atoms with Crippen LogP contribution in [0.2, 0.25) is 0 Å². The van der Waals surface area contributed by atoms with Crippen molar-refractivity contribution in [3.05, 3.63) is 24.4 Å². The Morgan fingerprint density at radius 1 is 1.55 bits per heavy atom. The van der Waals surface area contributed by atoms with Crippen LogP contribution in [0.3, 0.4) is 0 Å². The van der Waals surface area contributed by atoms with Crippen LogP contribution in [-0.4, -0.2) is 19.6 Å². The third kappa shape index (κ3) is 0.947. The van der Waals surface area contributed by atoms with Gasteiger partial charge < -0.3 is 5.73 Å². The third-order valence-corrected chi connectivity index (χ3v) is 1.37. The first-order chi connectivity index (χ1) is 5.40. The Morgan fingerprint density at radius 2 is 2.45 bits per heavy atom. The fourth-order valence-electron chi connectivity index (χ4n) is 0.878. The third-order valence-electron chi connectivity index (χ3n) is 1.37. The van der Waals surface area contributed by atoms with Gasteiger partial charge in [-0.1, -0.05) is 0 Å². The summed E-state index contributed by atoms with van der Waals surface area (Å²) in [6.45, 7) is 0.363. The highest BCUT2D eigenvalue weighted by Crippen LogP contribution is 1.96. The average molecular weight is 149 g/mol. The summed E-state index contributed by atoms with van der Waals surface area (Å²) in [6, 6.07) is 1.78. The Labute approximate surface area is 62.9 Å². The molecule has 2 rings (SSSR count). The van der Waals surface area contributed by atoms with Gasteiger partial charge in [0.15, 0.2) is 11.5 Å². The second kappa shape index (κ2) is 2.28. The minimum absolute atomic E-state index is 0.363. The molecule has 0 aromatic carbocycles. The van der Waals surface area contributed by atoms with E-state index in [0.29, 0.717) is 12.4 Å². The van der Waals surface area contributed by atoms with E-state index in [1.165, 1.54) is 0 Å². The van der Waals surface area contributed by atoms with Crippen molar-refractivity contribution in [3.63, 3.8) is 0 Å². The molecule has 5 nitrogen and oxygen atoms in total. The molecule has 0 atom stereocenters. The van der Waals surface area contributed by atoms with Gasteiger partial charge in [0.1, 0.15) is 6.33 Å². The zero-order chi connectivity index (χ0) is 7.68. The fraction of sp³-hybridized carbons (Fsp3) is 0.167. The zero-order valence-corrected chi connectivity index (χ0v) is 5.81. The maximum Gasteiger partial charge on any atom is 0.165 e. The van der Waals surface area contributed by atoms with Gasteiger partial charge in [-0.3, -0.25) is 0 Å². The van der Waals surface area contributed by atoms with Crippen LogP contribution < -0.4 is 5.73 Å². The highest BCUT2D eigenvalue weighted by atomic mass is 15.3. The summed E-state index contributed by atoms with van der Waals surface area (Å²) in [6.07, 6.45) is 3.27. The molecule has 56 valence electrons. The standard InChI is InChI=1S/C6H7N5/c7-3-5-9-6-1-2-8-4-11(6)10-5/h1-2,4H,3,7H2. The molecular formula is C6H7N5. The number of hydrogen-bond donors (Lipinski definition) is 1. The molecule has 0 spiro atoms. The van der Waals surface area contributed by atoms with Crippen LogP contribution in [-0.2, 0) is 6.54 Å². The second-order valence-electron chi connectivity index (χ2n) is 2.12. The summed E-state index contributed by atoms with van der Waals surface area (Å²) in [5, 5.41) is 4.05. The van der Waals surface area contributed by atoms with Crippen molar-refractivity contribution >= 4 is 5.65 Å². The first kappa shape index (κ1) is 6.23. The van der Waals surface area contributed by atoms with E-state index in [-0.39, 0.29) is 0 Å². The molecule has 11 heavy (non-hydrogen) atoms. The van der Waals surface area contributed by atoms with E-state index in [9.17, 15) is 0 Å². The monoisotopic (exact) mass is 149 g/mol. The molecule has 0 radical (unpaired) electrons. The number of rotatable bonds is 1. The van der Waals surface area contributed by atoms with E-state index in [1.54, 1.807) is 23.1 Å². The second-order valence-corrected chi connectivity index (χ2v) is 2.12. The largest absolute Gasteiger partial charge is 0.324 e. The molecule has 0 saturated heterocycles. The van der Waals surface area contributed by atoms with Gasteiger partial charge in [-0.2, -0.15) is 0 Å². The fourth-order valence-corrected chi connectivity index (χ4v) is 0.878.